The second kappa shape index (κ2) is 5.50. The summed E-state index contributed by atoms with van der Waals surface area (Å²) < 4.78 is 0. The monoisotopic (exact) mass is 247 g/mol. The highest BCUT2D eigenvalue weighted by atomic mass is 16.2. The molecule has 4 nitrogen and oxygen atoms in total. The van der Waals surface area contributed by atoms with Gasteiger partial charge in [-0.3, -0.25) is 9.69 Å². The quantitative estimate of drug-likeness (QED) is 0.848. The van der Waals surface area contributed by atoms with Crippen LogP contribution < -0.4 is 10.6 Å². The molecule has 1 fully saturated rings. The molecule has 1 aromatic carbocycles. The SMILES string of the molecule is Cc1ccc(N2CCCN(C)C(CN)C2=O)cc1. The first-order chi connectivity index (χ1) is 8.63. The van der Waals surface area contributed by atoms with E-state index in [1.807, 2.05) is 43.1 Å². The molecule has 1 unspecified atom stereocenters. The smallest absolute Gasteiger partial charge is 0.245 e. The van der Waals surface area contributed by atoms with Crippen LogP contribution in [0.15, 0.2) is 24.3 Å². The lowest BCUT2D eigenvalue weighted by Gasteiger charge is -2.27. The maximum Gasteiger partial charge on any atom is 0.245 e. The number of nitrogens with zero attached hydrogens (tertiary/aromatic N) is 2. The maximum absolute atomic E-state index is 12.5. The molecule has 1 atom stereocenters. The van der Waals surface area contributed by atoms with Gasteiger partial charge in [-0.05, 0) is 32.5 Å². The molecule has 2 N–H and O–H groups in total. The molecule has 18 heavy (non-hydrogen) atoms. The van der Waals surface area contributed by atoms with Crippen molar-refractivity contribution in [1.29, 1.82) is 0 Å². The van der Waals surface area contributed by atoms with E-state index in [9.17, 15) is 4.79 Å². The standard InChI is InChI=1S/C14H21N3O/c1-11-4-6-12(7-5-11)17-9-3-8-16(2)13(10-15)14(17)18/h4-7,13H,3,8-10,15H2,1-2H3. The summed E-state index contributed by atoms with van der Waals surface area (Å²) in [6, 6.07) is 7.88. The molecular formula is C14H21N3O. The van der Waals surface area contributed by atoms with E-state index >= 15 is 0 Å². The number of rotatable bonds is 2. The van der Waals surface area contributed by atoms with E-state index in [0.717, 1.165) is 25.2 Å². The first-order valence-electron chi connectivity index (χ1n) is 6.42. The Morgan fingerprint density at radius 1 is 1.28 bits per heavy atom. The summed E-state index contributed by atoms with van der Waals surface area (Å²) in [6.45, 7) is 4.10. The van der Waals surface area contributed by atoms with Gasteiger partial charge in [0.15, 0.2) is 0 Å². The number of carbonyl (C=O) groups is 1. The van der Waals surface area contributed by atoms with Crippen LogP contribution in [0.2, 0.25) is 0 Å². The summed E-state index contributed by atoms with van der Waals surface area (Å²) in [5.74, 6) is 0.112. The van der Waals surface area contributed by atoms with Crippen molar-refractivity contribution in [2.24, 2.45) is 5.73 Å². The fourth-order valence-corrected chi connectivity index (χ4v) is 2.37. The molecule has 0 bridgehead atoms. The number of amides is 1. The molecule has 0 aromatic heterocycles. The maximum atomic E-state index is 12.5. The predicted molar refractivity (Wildman–Crippen MR) is 73.6 cm³/mol. The average molecular weight is 247 g/mol. The highest BCUT2D eigenvalue weighted by molar-refractivity contribution is 5.97. The minimum Gasteiger partial charge on any atom is -0.328 e. The van der Waals surface area contributed by atoms with Gasteiger partial charge in [0.2, 0.25) is 5.91 Å². The van der Waals surface area contributed by atoms with Crippen molar-refractivity contribution < 1.29 is 4.79 Å². The Bertz CT molecular complexity index is 416. The number of hydrogen-bond donors (Lipinski definition) is 1. The van der Waals surface area contributed by atoms with E-state index < -0.39 is 0 Å². The van der Waals surface area contributed by atoms with Gasteiger partial charge in [-0.25, -0.2) is 0 Å². The van der Waals surface area contributed by atoms with Crippen LogP contribution >= 0.6 is 0 Å². The molecule has 1 aliphatic rings. The summed E-state index contributed by atoms with van der Waals surface area (Å²) in [6.07, 6.45) is 0.979. The number of nitrogens with two attached hydrogens (primary N) is 1. The molecule has 1 saturated heterocycles. The Kier molecular flexibility index (Phi) is 3.99. The van der Waals surface area contributed by atoms with Crippen molar-refractivity contribution in [3.05, 3.63) is 29.8 Å². The fraction of sp³-hybridized carbons (Fsp3) is 0.500. The number of benzene rings is 1. The van der Waals surface area contributed by atoms with Gasteiger partial charge >= 0.3 is 0 Å². The zero-order chi connectivity index (χ0) is 13.1. The van der Waals surface area contributed by atoms with Gasteiger partial charge in [0.25, 0.3) is 0 Å². The molecule has 1 amide bonds. The zero-order valence-electron chi connectivity index (χ0n) is 11.1. The molecule has 0 radical (unpaired) electrons. The summed E-state index contributed by atoms with van der Waals surface area (Å²) in [5.41, 5.74) is 7.90. The fourth-order valence-electron chi connectivity index (χ4n) is 2.37. The Balaban J connectivity index is 2.26. The van der Waals surface area contributed by atoms with Crippen LogP contribution in [0.4, 0.5) is 5.69 Å². The average Bonchev–Trinajstić information content (AvgIpc) is 2.49. The van der Waals surface area contributed by atoms with Crippen molar-refractivity contribution in [3.63, 3.8) is 0 Å². The van der Waals surface area contributed by atoms with Gasteiger partial charge in [-0.1, -0.05) is 17.7 Å². The van der Waals surface area contributed by atoms with Crippen LogP contribution in [0.25, 0.3) is 0 Å². The molecule has 1 aliphatic heterocycles. The molecule has 0 aliphatic carbocycles. The van der Waals surface area contributed by atoms with Gasteiger partial charge in [-0.2, -0.15) is 0 Å². The molecule has 4 heteroatoms. The first kappa shape index (κ1) is 13.1. The normalized spacial score (nSPS) is 22.1. The van der Waals surface area contributed by atoms with Crippen LogP contribution in [0.3, 0.4) is 0 Å². The summed E-state index contributed by atoms with van der Waals surface area (Å²) in [4.78, 5) is 16.4. The highest BCUT2D eigenvalue weighted by Gasteiger charge is 2.30. The third-order valence-electron chi connectivity index (χ3n) is 3.54. The van der Waals surface area contributed by atoms with E-state index in [2.05, 4.69) is 4.90 Å². The number of anilines is 1. The van der Waals surface area contributed by atoms with Crippen LogP contribution in [-0.2, 0) is 4.79 Å². The third-order valence-corrected chi connectivity index (χ3v) is 3.54. The molecule has 98 valence electrons. The Morgan fingerprint density at radius 3 is 2.56 bits per heavy atom. The van der Waals surface area contributed by atoms with E-state index in [1.165, 1.54) is 5.56 Å². The van der Waals surface area contributed by atoms with Crippen molar-refractivity contribution in [2.75, 3.05) is 31.6 Å². The number of likely N-dealkylation sites (N-methyl/N-ethyl adjacent to an activating group) is 1. The van der Waals surface area contributed by atoms with Gasteiger partial charge < -0.3 is 10.6 Å². The molecule has 0 saturated carbocycles. The van der Waals surface area contributed by atoms with E-state index in [1.54, 1.807) is 0 Å². The van der Waals surface area contributed by atoms with Crippen LogP contribution in [0.5, 0.6) is 0 Å². The Labute approximate surface area is 108 Å². The molecule has 2 rings (SSSR count). The molecule has 0 spiro atoms. The minimum atomic E-state index is -0.200. The minimum absolute atomic E-state index is 0.112. The second-order valence-electron chi connectivity index (χ2n) is 4.91. The highest BCUT2D eigenvalue weighted by Crippen LogP contribution is 2.19. The van der Waals surface area contributed by atoms with Crippen molar-refractivity contribution in [1.82, 2.24) is 4.90 Å². The number of carbonyl (C=O) groups excluding carboxylic acids is 1. The van der Waals surface area contributed by atoms with E-state index in [-0.39, 0.29) is 11.9 Å². The number of hydrogen-bond acceptors (Lipinski definition) is 3. The van der Waals surface area contributed by atoms with Gasteiger partial charge in [-0.15, -0.1) is 0 Å². The van der Waals surface area contributed by atoms with Gasteiger partial charge in [0.1, 0.15) is 6.04 Å². The van der Waals surface area contributed by atoms with E-state index in [0.29, 0.717) is 6.54 Å². The predicted octanol–water partition coefficient (Wildman–Crippen LogP) is 0.991. The second-order valence-corrected chi connectivity index (χ2v) is 4.91. The van der Waals surface area contributed by atoms with Crippen LogP contribution in [0.1, 0.15) is 12.0 Å². The van der Waals surface area contributed by atoms with Crippen molar-refractivity contribution in [2.45, 2.75) is 19.4 Å². The number of aryl methyl sites for hydroxylation is 1. The lowest BCUT2D eigenvalue weighted by molar-refractivity contribution is -0.122. The Morgan fingerprint density at radius 2 is 1.94 bits per heavy atom. The first-order valence-corrected chi connectivity index (χ1v) is 6.42. The molecule has 1 aromatic rings. The van der Waals surface area contributed by atoms with Gasteiger partial charge in [0, 0.05) is 25.3 Å². The van der Waals surface area contributed by atoms with Crippen LogP contribution in [0, 0.1) is 6.92 Å². The van der Waals surface area contributed by atoms with Crippen LogP contribution in [-0.4, -0.2) is 43.5 Å². The van der Waals surface area contributed by atoms with Gasteiger partial charge in [0.05, 0.1) is 0 Å². The largest absolute Gasteiger partial charge is 0.328 e. The summed E-state index contributed by atoms with van der Waals surface area (Å²) in [5, 5.41) is 0. The lowest BCUT2D eigenvalue weighted by atomic mass is 10.2. The van der Waals surface area contributed by atoms with Crippen molar-refractivity contribution in [3.8, 4) is 0 Å². The lowest BCUT2D eigenvalue weighted by Crippen LogP contribution is -2.48. The third kappa shape index (κ3) is 2.54. The molecular weight excluding hydrogens is 226 g/mol. The topological polar surface area (TPSA) is 49.6 Å². The van der Waals surface area contributed by atoms with E-state index in [4.69, 9.17) is 5.73 Å². The van der Waals surface area contributed by atoms with Crippen molar-refractivity contribution >= 4 is 11.6 Å². The zero-order valence-corrected chi connectivity index (χ0v) is 11.1. The summed E-state index contributed by atoms with van der Waals surface area (Å²) >= 11 is 0. The Hall–Kier alpha value is -1.39. The molecule has 1 heterocycles. The summed E-state index contributed by atoms with van der Waals surface area (Å²) in [7, 11) is 1.97.